The minimum Gasteiger partial charge on any atom is -0.492 e. The van der Waals surface area contributed by atoms with E-state index in [2.05, 4.69) is 36.6 Å². The van der Waals surface area contributed by atoms with Crippen LogP contribution >= 0.6 is 0 Å². The Morgan fingerprint density at radius 2 is 2.00 bits per heavy atom. The molecule has 0 bridgehead atoms. The quantitative estimate of drug-likeness (QED) is 0.686. The van der Waals surface area contributed by atoms with E-state index in [1.165, 1.54) is 18.4 Å². The smallest absolute Gasteiger partial charge is 0.234 e. The Balaban J connectivity index is 1.54. The van der Waals surface area contributed by atoms with Gasteiger partial charge in [0.15, 0.2) is 0 Å². The van der Waals surface area contributed by atoms with Crippen LogP contribution in [0.3, 0.4) is 0 Å². The van der Waals surface area contributed by atoms with Crippen molar-refractivity contribution in [3.8, 4) is 5.75 Å². The zero-order chi connectivity index (χ0) is 15.1. The molecule has 0 aliphatic heterocycles. The highest BCUT2D eigenvalue weighted by atomic mass is 16.5. The van der Waals surface area contributed by atoms with Gasteiger partial charge in [-0.05, 0) is 48.9 Å². The molecular formula is C17H26N2O2. The second-order valence-electron chi connectivity index (χ2n) is 6.00. The monoisotopic (exact) mass is 290 g/mol. The fourth-order valence-electron chi connectivity index (χ4n) is 2.08. The Labute approximate surface area is 127 Å². The Morgan fingerprint density at radius 1 is 1.29 bits per heavy atom. The van der Waals surface area contributed by atoms with E-state index in [0.29, 0.717) is 25.6 Å². The highest BCUT2D eigenvalue weighted by Crippen LogP contribution is 2.27. The number of rotatable bonds is 9. The van der Waals surface area contributed by atoms with Gasteiger partial charge in [0.25, 0.3) is 0 Å². The Bertz CT molecular complexity index is 439. The van der Waals surface area contributed by atoms with Crippen LogP contribution in [0, 0.1) is 5.92 Å². The van der Waals surface area contributed by atoms with Gasteiger partial charge in [-0.25, -0.2) is 0 Å². The predicted octanol–water partition coefficient (Wildman–Crippen LogP) is 2.30. The molecule has 1 aromatic carbocycles. The Morgan fingerprint density at radius 3 is 2.62 bits per heavy atom. The van der Waals surface area contributed by atoms with Crippen molar-refractivity contribution in [2.24, 2.45) is 5.92 Å². The highest BCUT2D eigenvalue weighted by Gasteiger charge is 2.20. The van der Waals surface area contributed by atoms with E-state index in [1.807, 2.05) is 12.1 Å². The van der Waals surface area contributed by atoms with Crippen LogP contribution in [0.4, 0.5) is 0 Å². The number of carbonyl (C=O) groups is 1. The van der Waals surface area contributed by atoms with Crippen LogP contribution in [0.15, 0.2) is 24.3 Å². The Hall–Kier alpha value is -1.55. The van der Waals surface area contributed by atoms with Crippen molar-refractivity contribution >= 4 is 5.91 Å². The van der Waals surface area contributed by atoms with Crippen molar-refractivity contribution in [1.82, 2.24) is 10.6 Å². The van der Waals surface area contributed by atoms with Crippen LogP contribution in [0.1, 0.15) is 38.2 Å². The molecule has 0 atom stereocenters. The first-order valence-corrected chi connectivity index (χ1v) is 7.85. The number of carbonyl (C=O) groups excluding carboxylic acids is 1. The summed E-state index contributed by atoms with van der Waals surface area (Å²) in [5.74, 6) is 2.21. The molecule has 1 saturated carbocycles. The van der Waals surface area contributed by atoms with Gasteiger partial charge in [0.05, 0.1) is 13.1 Å². The van der Waals surface area contributed by atoms with Gasteiger partial charge in [0.1, 0.15) is 12.4 Å². The summed E-state index contributed by atoms with van der Waals surface area (Å²) in [5, 5.41) is 6.02. The first kappa shape index (κ1) is 15.8. The molecule has 2 N–H and O–H groups in total. The molecule has 4 nitrogen and oxygen atoms in total. The minimum atomic E-state index is 0.0365. The standard InChI is InChI=1S/C17H26N2O2/c1-13(2)15-5-7-16(8-6-15)21-10-9-19-17(20)12-18-11-14-3-4-14/h5-8,13-14,18H,3-4,9-12H2,1-2H3,(H,19,20). The Kier molecular flexibility index (Phi) is 6.05. The van der Waals surface area contributed by atoms with E-state index in [1.54, 1.807) is 0 Å². The molecule has 0 spiro atoms. The molecule has 1 aromatic rings. The van der Waals surface area contributed by atoms with Gasteiger partial charge in [0.2, 0.25) is 5.91 Å². The lowest BCUT2D eigenvalue weighted by Crippen LogP contribution is -2.36. The molecule has 0 aromatic heterocycles. The van der Waals surface area contributed by atoms with Crippen molar-refractivity contribution in [2.75, 3.05) is 26.2 Å². The van der Waals surface area contributed by atoms with E-state index in [9.17, 15) is 4.79 Å². The maximum atomic E-state index is 11.5. The first-order chi connectivity index (χ1) is 10.1. The second-order valence-corrected chi connectivity index (χ2v) is 6.00. The number of hydrogen-bond acceptors (Lipinski definition) is 3. The normalized spacial score (nSPS) is 14.2. The summed E-state index contributed by atoms with van der Waals surface area (Å²) in [6.45, 7) is 6.74. The van der Waals surface area contributed by atoms with Crippen molar-refractivity contribution in [1.29, 1.82) is 0 Å². The summed E-state index contributed by atoms with van der Waals surface area (Å²) in [7, 11) is 0. The van der Waals surface area contributed by atoms with E-state index < -0.39 is 0 Å². The van der Waals surface area contributed by atoms with E-state index in [4.69, 9.17) is 4.74 Å². The molecule has 0 heterocycles. The molecular weight excluding hydrogens is 264 g/mol. The average Bonchev–Trinajstić information content (AvgIpc) is 3.28. The summed E-state index contributed by atoms with van der Waals surface area (Å²) < 4.78 is 5.61. The lowest BCUT2D eigenvalue weighted by atomic mass is 10.0. The fourth-order valence-corrected chi connectivity index (χ4v) is 2.08. The zero-order valence-corrected chi connectivity index (χ0v) is 13.0. The third-order valence-electron chi connectivity index (χ3n) is 3.66. The van der Waals surface area contributed by atoms with Crippen LogP contribution in [-0.4, -0.2) is 32.1 Å². The average molecular weight is 290 g/mol. The van der Waals surface area contributed by atoms with E-state index in [0.717, 1.165) is 18.2 Å². The molecule has 1 amide bonds. The number of hydrogen-bond donors (Lipinski definition) is 2. The number of amides is 1. The minimum absolute atomic E-state index is 0.0365. The third kappa shape index (κ3) is 6.17. The molecule has 1 aliphatic carbocycles. The molecule has 0 unspecified atom stereocenters. The topological polar surface area (TPSA) is 50.4 Å². The van der Waals surface area contributed by atoms with Crippen LogP contribution in [0.25, 0.3) is 0 Å². The summed E-state index contributed by atoms with van der Waals surface area (Å²) in [6, 6.07) is 8.13. The maximum absolute atomic E-state index is 11.5. The van der Waals surface area contributed by atoms with Gasteiger partial charge in [-0.1, -0.05) is 26.0 Å². The van der Waals surface area contributed by atoms with Crippen LogP contribution in [0.5, 0.6) is 5.75 Å². The van der Waals surface area contributed by atoms with Crippen molar-refractivity contribution < 1.29 is 9.53 Å². The first-order valence-electron chi connectivity index (χ1n) is 7.85. The molecule has 116 valence electrons. The molecule has 4 heteroatoms. The number of nitrogens with one attached hydrogen (secondary N) is 2. The zero-order valence-electron chi connectivity index (χ0n) is 13.0. The van der Waals surface area contributed by atoms with Crippen LogP contribution < -0.4 is 15.4 Å². The SMILES string of the molecule is CC(C)c1ccc(OCCNC(=O)CNCC2CC2)cc1. The van der Waals surface area contributed by atoms with Crippen molar-refractivity contribution in [2.45, 2.75) is 32.6 Å². The fraction of sp³-hybridized carbons (Fsp3) is 0.588. The molecule has 1 fully saturated rings. The van der Waals surface area contributed by atoms with Gasteiger partial charge in [-0.2, -0.15) is 0 Å². The molecule has 0 saturated heterocycles. The van der Waals surface area contributed by atoms with Crippen molar-refractivity contribution in [3.63, 3.8) is 0 Å². The number of ether oxygens (including phenoxy) is 1. The van der Waals surface area contributed by atoms with Gasteiger partial charge in [0, 0.05) is 0 Å². The molecule has 0 radical (unpaired) electrons. The molecule has 21 heavy (non-hydrogen) atoms. The summed E-state index contributed by atoms with van der Waals surface area (Å²) >= 11 is 0. The number of benzene rings is 1. The maximum Gasteiger partial charge on any atom is 0.234 e. The van der Waals surface area contributed by atoms with Gasteiger partial charge >= 0.3 is 0 Å². The third-order valence-corrected chi connectivity index (χ3v) is 3.66. The lowest BCUT2D eigenvalue weighted by Gasteiger charge is -2.10. The van der Waals surface area contributed by atoms with Gasteiger partial charge in [-0.3, -0.25) is 4.79 Å². The second kappa shape index (κ2) is 8.03. The van der Waals surface area contributed by atoms with Crippen LogP contribution in [-0.2, 0) is 4.79 Å². The van der Waals surface area contributed by atoms with Gasteiger partial charge in [-0.15, -0.1) is 0 Å². The summed E-state index contributed by atoms with van der Waals surface area (Å²) in [6.07, 6.45) is 2.61. The predicted molar refractivity (Wildman–Crippen MR) is 84.6 cm³/mol. The lowest BCUT2D eigenvalue weighted by molar-refractivity contribution is -0.120. The van der Waals surface area contributed by atoms with E-state index in [-0.39, 0.29) is 5.91 Å². The molecule has 2 rings (SSSR count). The van der Waals surface area contributed by atoms with Gasteiger partial charge < -0.3 is 15.4 Å². The van der Waals surface area contributed by atoms with E-state index >= 15 is 0 Å². The van der Waals surface area contributed by atoms with Crippen LogP contribution in [0.2, 0.25) is 0 Å². The summed E-state index contributed by atoms with van der Waals surface area (Å²) in [5.41, 5.74) is 1.30. The largest absolute Gasteiger partial charge is 0.492 e. The molecule has 1 aliphatic rings. The summed E-state index contributed by atoms with van der Waals surface area (Å²) in [4.78, 5) is 11.5. The highest BCUT2D eigenvalue weighted by molar-refractivity contribution is 5.77. The van der Waals surface area contributed by atoms with Crippen molar-refractivity contribution in [3.05, 3.63) is 29.8 Å².